The Bertz CT molecular complexity index is 636. The summed E-state index contributed by atoms with van der Waals surface area (Å²) in [5.74, 6) is 1.36. The maximum Gasteiger partial charge on any atom is 0.234 e. The molecule has 21 heavy (non-hydrogen) atoms. The Hall–Kier alpha value is -1.20. The Morgan fingerprint density at radius 3 is 2.43 bits per heavy atom. The van der Waals surface area contributed by atoms with Gasteiger partial charge in [-0.05, 0) is 49.9 Å². The highest BCUT2D eigenvalue weighted by Crippen LogP contribution is 2.40. The summed E-state index contributed by atoms with van der Waals surface area (Å²) in [6.45, 7) is 4.72. The predicted octanol–water partition coefficient (Wildman–Crippen LogP) is 3.89. The maximum absolute atomic E-state index is 5.98. The molecule has 3 rings (SSSR count). The van der Waals surface area contributed by atoms with Crippen LogP contribution in [0.1, 0.15) is 42.7 Å². The van der Waals surface area contributed by atoms with E-state index in [9.17, 15) is 0 Å². The van der Waals surface area contributed by atoms with Gasteiger partial charge in [-0.3, -0.25) is 0 Å². The number of nitrogens with zero attached hydrogens (tertiary/aromatic N) is 2. The lowest BCUT2D eigenvalue weighted by Crippen LogP contribution is -2.32. The van der Waals surface area contributed by atoms with Crippen molar-refractivity contribution >= 4 is 15.9 Å². The lowest BCUT2D eigenvalue weighted by molar-refractivity contribution is 0.284. The average molecular weight is 350 g/mol. The highest BCUT2D eigenvalue weighted by atomic mass is 79.9. The topological polar surface area (TPSA) is 64.9 Å². The van der Waals surface area contributed by atoms with Crippen LogP contribution in [0.5, 0.6) is 0 Å². The fourth-order valence-electron chi connectivity index (χ4n) is 3.19. The van der Waals surface area contributed by atoms with Crippen LogP contribution in [0.15, 0.2) is 21.1 Å². The van der Waals surface area contributed by atoms with E-state index in [1.165, 1.54) is 24.0 Å². The zero-order valence-corrected chi connectivity index (χ0v) is 14.0. The molecule has 112 valence electrons. The number of hydrogen-bond acceptors (Lipinski definition) is 4. The van der Waals surface area contributed by atoms with Gasteiger partial charge in [0.1, 0.15) is 0 Å². The molecule has 0 amide bonds. The van der Waals surface area contributed by atoms with Gasteiger partial charge in [0.05, 0.1) is 5.41 Å². The van der Waals surface area contributed by atoms with Crippen molar-refractivity contribution in [3.05, 3.63) is 33.6 Å². The van der Waals surface area contributed by atoms with E-state index in [1.807, 2.05) is 0 Å². The molecule has 5 heteroatoms. The SMILES string of the molecule is Cc1cc(-c2noc(C3(CN)CCCC3)n2)cc(C)c1Br. The van der Waals surface area contributed by atoms with Gasteiger partial charge in [-0.1, -0.05) is 33.9 Å². The van der Waals surface area contributed by atoms with Crippen molar-refractivity contribution < 1.29 is 4.52 Å². The predicted molar refractivity (Wildman–Crippen MR) is 86.1 cm³/mol. The van der Waals surface area contributed by atoms with E-state index in [1.54, 1.807) is 0 Å². The Labute approximate surface area is 133 Å². The lowest BCUT2D eigenvalue weighted by Gasteiger charge is -2.21. The van der Waals surface area contributed by atoms with Crippen LogP contribution in [0, 0.1) is 13.8 Å². The van der Waals surface area contributed by atoms with Crippen molar-refractivity contribution in [1.29, 1.82) is 0 Å². The zero-order valence-electron chi connectivity index (χ0n) is 12.4. The summed E-state index contributed by atoms with van der Waals surface area (Å²) in [5.41, 5.74) is 9.21. The van der Waals surface area contributed by atoms with Gasteiger partial charge in [-0.15, -0.1) is 0 Å². The highest BCUT2D eigenvalue weighted by molar-refractivity contribution is 9.10. The summed E-state index contributed by atoms with van der Waals surface area (Å²) in [6, 6.07) is 4.16. The molecule has 0 saturated heterocycles. The number of rotatable bonds is 3. The Balaban J connectivity index is 1.99. The van der Waals surface area contributed by atoms with Gasteiger partial charge < -0.3 is 10.3 Å². The summed E-state index contributed by atoms with van der Waals surface area (Å²) in [6.07, 6.45) is 4.46. The van der Waals surface area contributed by atoms with Gasteiger partial charge >= 0.3 is 0 Å². The Morgan fingerprint density at radius 2 is 1.86 bits per heavy atom. The molecular formula is C16H20BrN3O. The maximum atomic E-state index is 5.98. The number of benzene rings is 1. The van der Waals surface area contributed by atoms with Crippen LogP contribution in [-0.4, -0.2) is 16.7 Å². The molecule has 1 aromatic carbocycles. The molecule has 1 aromatic heterocycles. The van der Waals surface area contributed by atoms with E-state index in [0.717, 1.165) is 22.9 Å². The minimum atomic E-state index is -0.106. The molecule has 0 bridgehead atoms. The first-order chi connectivity index (χ1) is 10.1. The smallest absolute Gasteiger partial charge is 0.234 e. The Morgan fingerprint density at radius 1 is 1.24 bits per heavy atom. The third-order valence-corrected chi connectivity index (χ3v) is 5.78. The molecule has 4 nitrogen and oxygen atoms in total. The van der Waals surface area contributed by atoms with Crippen molar-refractivity contribution in [1.82, 2.24) is 10.1 Å². The van der Waals surface area contributed by atoms with Crippen LogP contribution < -0.4 is 5.73 Å². The second kappa shape index (κ2) is 5.54. The molecule has 0 unspecified atom stereocenters. The van der Waals surface area contributed by atoms with Crippen LogP contribution in [0.4, 0.5) is 0 Å². The minimum absolute atomic E-state index is 0.106. The van der Waals surface area contributed by atoms with Gasteiger partial charge in [0.15, 0.2) is 0 Å². The van der Waals surface area contributed by atoms with Gasteiger partial charge in [-0.25, -0.2) is 0 Å². The lowest BCUT2D eigenvalue weighted by atomic mass is 9.86. The van der Waals surface area contributed by atoms with E-state index >= 15 is 0 Å². The van der Waals surface area contributed by atoms with Crippen LogP contribution in [0.25, 0.3) is 11.4 Å². The van der Waals surface area contributed by atoms with Crippen LogP contribution in [-0.2, 0) is 5.41 Å². The van der Waals surface area contributed by atoms with Crippen molar-refractivity contribution in [3.8, 4) is 11.4 Å². The number of hydrogen-bond donors (Lipinski definition) is 1. The minimum Gasteiger partial charge on any atom is -0.338 e. The normalized spacial score (nSPS) is 17.3. The molecule has 1 aliphatic rings. The fraction of sp³-hybridized carbons (Fsp3) is 0.500. The quantitative estimate of drug-likeness (QED) is 0.912. The van der Waals surface area contributed by atoms with E-state index in [4.69, 9.17) is 10.3 Å². The monoisotopic (exact) mass is 349 g/mol. The second-order valence-corrected chi connectivity index (χ2v) is 6.83. The molecule has 0 radical (unpaired) electrons. The Kier molecular flexibility index (Phi) is 3.88. The van der Waals surface area contributed by atoms with Crippen molar-refractivity contribution in [2.24, 2.45) is 5.73 Å². The first-order valence-electron chi connectivity index (χ1n) is 7.37. The van der Waals surface area contributed by atoms with E-state index in [-0.39, 0.29) is 5.41 Å². The highest BCUT2D eigenvalue weighted by Gasteiger charge is 2.39. The fourth-order valence-corrected chi connectivity index (χ4v) is 3.42. The average Bonchev–Trinajstić information content (AvgIpc) is 3.13. The van der Waals surface area contributed by atoms with Crippen molar-refractivity contribution in [2.45, 2.75) is 44.9 Å². The van der Waals surface area contributed by atoms with Crippen molar-refractivity contribution in [2.75, 3.05) is 6.54 Å². The molecule has 1 heterocycles. The standard InChI is InChI=1S/C16H20BrN3O/c1-10-7-12(8-11(2)13(10)17)14-19-15(21-20-14)16(9-18)5-3-4-6-16/h7-8H,3-6,9,18H2,1-2H3. The number of aryl methyl sites for hydroxylation is 2. The summed E-state index contributed by atoms with van der Waals surface area (Å²) >= 11 is 3.58. The summed E-state index contributed by atoms with van der Waals surface area (Å²) in [4.78, 5) is 4.64. The summed E-state index contributed by atoms with van der Waals surface area (Å²) in [7, 11) is 0. The van der Waals surface area contributed by atoms with Gasteiger partial charge in [0.25, 0.3) is 0 Å². The summed E-state index contributed by atoms with van der Waals surface area (Å²) in [5, 5.41) is 4.18. The first-order valence-corrected chi connectivity index (χ1v) is 8.16. The van der Waals surface area contributed by atoms with Crippen molar-refractivity contribution in [3.63, 3.8) is 0 Å². The molecule has 2 aromatic rings. The number of aromatic nitrogens is 2. The summed E-state index contributed by atoms with van der Waals surface area (Å²) < 4.78 is 6.68. The van der Waals surface area contributed by atoms with Gasteiger partial charge in [0, 0.05) is 16.6 Å². The third kappa shape index (κ3) is 2.53. The second-order valence-electron chi connectivity index (χ2n) is 6.04. The van der Waals surface area contributed by atoms with E-state index < -0.39 is 0 Å². The van der Waals surface area contributed by atoms with Crippen LogP contribution >= 0.6 is 15.9 Å². The molecule has 2 N–H and O–H groups in total. The third-order valence-electron chi connectivity index (χ3n) is 4.53. The molecule has 0 aliphatic heterocycles. The van der Waals surface area contributed by atoms with Gasteiger partial charge in [-0.2, -0.15) is 4.98 Å². The number of halogens is 1. The van der Waals surface area contributed by atoms with Gasteiger partial charge in [0.2, 0.25) is 11.7 Å². The molecule has 1 saturated carbocycles. The first kappa shape index (κ1) is 14.7. The molecule has 0 atom stereocenters. The molecule has 0 spiro atoms. The van der Waals surface area contributed by atoms with Crippen LogP contribution in [0.2, 0.25) is 0 Å². The molecule has 1 aliphatic carbocycles. The molecular weight excluding hydrogens is 330 g/mol. The van der Waals surface area contributed by atoms with Crippen LogP contribution in [0.3, 0.4) is 0 Å². The van der Waals surface area contributed by atoms with E-state index in [0.29, 0.717) is 18.3 Å². The molecule has 1 fully saturated rings. The van der Waals surface area contributed by atoms with E-state index in [2.05, 4.69) is 52.1 Å². The number of nitrogens with two attached hydrogens (primary N) is 1. The largest absolute Gasteiger partial charge is 0.338 e. The zero-order chi connectivity index (χ0) is 15.0.